The third kappa shape index (κ3) is 2.14. The fraction of sp³-hybridized carbons (Fsp3) is 0.905. The summed E-state index contributed by atoms with van der Waals surface area (Å²) in [6, 6.07) is 0. The van der Waals surface area contributed by atoms with Gasteiger partial charge in [-0.25, -0.2) is 0 Å². The molecule has 1 aliphatic heterocycles. The number of ether oxygens (including phenoxy) is 2. The highest BCUT2D eigenvalue weighted by Crippen LogP contribution is 2.65. The maximum atomic E-state index is 10.6. The van der Waals surface area contributed by atoms with Crippen LogP contribution in [0.5, 0.6) is 0 Å². The van der Waals surface area contributed by atoms with Gasteiger partial charge in [-0.1, -0.05) is 18.6 Å². The van der Waals surface area contributed by atoms with Crippen LogP contribution in [0.2, 0.25) is 0 Å². The molecule has 1 saturated heterocycles. The van der Waals surface area contributed by atoms with Gasteiger partial charge < -0.3 is 19.7 Å². The highest BCUT2D eigenvalue weighted by Gasteiger charge is 2.61. The summed E-state index contributed by atoms with van der Waals surface area (Å²) in [6.45, 7) is 3.96. The fourth-order valence-corrected chi connectivity index (χ4v) is 7.42. The second kappa shape index (κ2) is 5.54. The molecule has 3 saturated carbocycles. The molecule has 4 heteroatoms. The highest BCUT2D eigenvalue weighted by atomic mass is 16.7. The van der Waals surface area contributed by atoms with Gasteiger partial charge in [0.25, 0.3) is 0 Å². The zero-order chi connectivity index (χ0) is 17.3. The Labute approximate surface area is 150 Å². The third-order valence-electron chi connectivity index (χ3n) is 8.88. The van der Waals surface area contributed by atoms with Crippen LogP contribution < -0.4 is 0 Å². The molecule has 4 fully saturated rings. The van der Waals surface area contributed by atoms with Crippen molar-refractivity contribution in [3.05, 3.63) is 11.6 Å². The summed E-state index contributed by atoms with van der Waals surface area (Å²) in [5.41, 5.74) is 1.42. The summed E-state index contributed by atoms with van der Waals surface area (Å²) in [5, 5.41) is 21.1. The summed E-state index contributed by atoms with van der Waals surface area (Å²) in [6.07, 6.45) is 10.4. The Morgan fingerprint density at radius 2 is 1.88 bits per heavy atom. The Bertz CT molecular complexity index is 580. The maximum Gasteiger partial charge on any atom is 0.172 e. The second-order valence-electron chi connectivity index (χ2n) is 9.58. The van der Waals surface area contributed by atoms with E-state index in [2.05, 4.69) is 13.0 Å². The molecule has 0 aromatic heterocycles. The standard InChI is InChI=1S/C21H32O4/c1-19-7-6-17-15(16(19)4-5-18(19)23)3-2-14-12-21(24-10-11-25-21)9-8-20(14,17)13-22/h2,15-18,22-23H,3-13H2,1H3/t15?,16?,17?,18?,19-,20?/m0/s1. The van der Waals surface area contributed by atoms with Crippen LogP contribution in [0.25, 0.3) is 0 Å². The van der Waals surface area contributed by atoms with E-state index in [1.165, 1.54) is 5.57 Å². The van der Waals surface area contributed by atoms with E-state index in [1.807, 2.05) is 0 Å². The molecule has 5 rings (SSSR count). The lowest BCUT2D eigenvalue weighted by Gasteiger charge is -2.59. The number of hydrogen-bond acceptors (Lipinski definition) is 4. The molecular formula is C21H32O4. The van der Waals surface area contributed by atoms with Crippen molar-refractivity contribution in [3.8, 4) is 0 Å². The first-order valence-corrected chi connectivity index (χ1v) is 10.3. The average Bonchev–Trinajstić information content (AvgIpc) is 3.19. The minimum Gasteiger partial charge on any atom is -0.395 e. The summed E-state index contributed by atoms with van der Waals surface area (Å²) < 4.78 is 12.0. The molecule has 6 atom stereocenters. The van der Waals surface area contributed by atoms with Crippen molar-refractivity contribution in [1.29, 1.82) is 0 Å². The van der Waals surface area contributed by atoms with E-state index in [-0.39, 0.29) is 23.5 Å². The maximum absolute atomic E-state index is 10.6. The van der Waals surface area contributed by atoms with Crippen LogP contribution in [-0.2, 0) is 9.47 Å². The Kier molecular flexibility index (Phi) is 3.71. The largest absolute Gasteiger partial charge is 0.395 e. The van der Waals surface area contributed by atoms with Crippen molar-refractivity contribution in [2.24, 2.45) is 28.6 Å². The molecule has 0 radical (unpaired) electrons. The van der Waals surface area contributed by atoms with E-state index >= 15 is 0 Å². The van der Waals surface area contributed by atoms with Crippen molar-refractivity contribution in [2.75, 3.05) is 19.8 Å². The lowest BCUT2D eigenvalue weighted by molar-refractivity contribution is -0.191. The zero-order valence-electron chi connectivity index (χ0n) is 15.4. The van der Waals surface area contributed by atoms with Crippen LogP contribution in [0.3, 0.4) is 0 Å². The van der Waals surface area contributed by atoms with Gasteiger partial charge in [0.15, 0.2) is 5.79 Å². The summed E-state index contributed by atoms with van der Waals surface area (Å²) in [4.78, 5) is 0. The van der Waals surface area contributed by atoms with Gasteiger partial charge in [-0.3, -0.25) is 0 Å². The Hall–Kier alpha value is -0.420. The first-order chi connectivity index (χ1) is 12.0. The van der Waals surface area contributed by atoms with Gasteiger partial charge in [0.1, 0.15) is 0 Å². The quantitative estimate of drug-likeness (QED) is 0.715. The minimum atomic E-state index is -0.413. The van der Waals surface area contributed by atoms with E-state index in [4.69, 9.17) is 9.47 Å². The molecule has 5 unspecified atom stereocenters. The molecule has 0 aromatic rings. The van der Waals surface area contributed by atoms with Crippen molar-refractivity contribution in [1.82, 2.24) is 0 Å². The van der Waals surface area contributed by atoms with Crippen LogP contribution >= 0.6 is 0 Å². The summed E-state index contributed by atoms with van der Waals surface area (Å²) in [5.74, 6) is 1.37. The molecule has 5 aliphatic rings. The molecule has 1 heterocycles. The van der Waals surface area contributed by atoms with Gasteiger partial charge in [-0.2, -0.15) is 0 Å². The molecule has 0 amide bonds. The van der Waals surface area contributed by atoms with Crippen LogP contribution in [-0.4, -0.2) is 41.9 Å². The zero-order valence-corrected chi connectivity index (χ0v) is 15.4. The Balaban J connectivity index is 1.49. The van der Waals surface area contributed by atoms with Crippen molar-refractivity contribution >= 4 is 0 Å². The first-order valence-electron chi connectivity index (χ1n) is 10.3. The Morgan fingerprint density at radius 1 is 1.08 bits per heavy atom. The van der Waals surface area contributed by atoms with Gasteiger partial charge in [0.2, 0.25) is 0 Å². The lowest BCUT2D eigenvalue weighted by atomic mass is 9.47. The van der Waals surface area contributed by atoms with Crippen LogP contribution in [0, 0.1) is 28.6 Å². The van der Waals surface area contributed by atoms with Crippen LogP contribution in [0.1, 0.15) is 58.3 Å². The van der Waals surface area contributed by atoms with Gasteiger partial charge in [0, 0.05) is 18.3 Å². The van der Waals surface area contributed by atoms with E-state index < -0.39 is 5.79 Å². The highest BCUT2D eigenvalue weighted by molar-refractivity contribution is 5.28. The van der Waals surface area contributed by atoms with Crippen LogP contribution in [0.15, 0.2) is 11.6 Å². The molecular weight excluding hydrogens is 316 g/mol. The number of aliphatic hydroxyl groups excluding tert-OH is 2. The van der Waals surface area contributed by atoms with E-state index in [1.54, 1.807) is 0 Å². The van der Waals surface area contributed by atoms with E-state index in [0.717, 1.165) is 51.4 Å². The summed E-state index contributed by atoms with van der Waals surface area (Å²) >= 11 is 0. The molecule has 2 N–H and O–H groups in total. The molecule has 0 bridgehead atoms. The number of hydrogen-bond donors (Lipinski definition) is 2. The molecule has 4 nitrogen and oxygen atoms in total. The molecule has 0 aromatic carbocycles. The molecule has 140 valence electrons. The monoisotopic (exact) mass is 348 g/mol. The predicted octanol–water partition coefficient (Wildman–Crippen LogP) is 3.03. The molecule has 4 aliphatic carbocycles. The fourth-order valence-electron chi connectivity index (χ4n) is 7.42. The number of allylic oxidation sites excluding steroid dienone is 1. The van der Waals surface area contributed by atoms with Gasteiger partial charge in [-0.15, -0.1) is 0 Å². The van der Waals surface area contributed by atoms with Crippen molar-refractivity contribution < 1.29 is 19.7 Å². The van der Waals surface area contributed by atoms with E-state index in [0.29, 0.717) is 31.0 Å². The predicted molar refractivity (Wildman–Crippen MR) is 93.8 cm³/mol. The third-order valence-corrected chi connectivity index (χ3v) is 8.88. The molecule has 25 heavy (non-hydrogen) atoms. The number of fused-ring (bicyclic) bond motifs is 5. The molecule has 1 spiro atoms. The average molecular weight is 348 g/mol. The topological polar surface area (TPSA) is 58.9 Å². The minimum absolute atomic E-state index is 0.0711. The van der Waals surface area contributed by atoms with Gasteiger partial charge >= 0.3 is 0 Å². The lowest BCUT2D eigenvalue weighted by Crippen LogP contribution is -2.55. The SMILES string of the molecule is C[C@]12CCC3C(CC=C4CC5(CCC43CO)OCCO5)C1CCC2O. The van der Waals surface area contributed by atoms with Gasteiger partial charge in [0.05, 0.1) is 25.9 Å². The van der Waals surface area contributed by atoms with Crippen molar-refractivity contribution in [3.63, 3.8) is 0 Å². The first kappa shape index (κ1) is 16.7. The number of aliphatic hydroxyl groups is 2. The smallest absolute Gasteiger partial charge is 0.172 e. The Morgan fingerprint density at radius 3 is 2.64 bits per heavy atom. The van der Waals surface area contributed by atoms with Crippen LogP contribution in [0.4, 0.5) is 0 Å². The van der Waals surface area contributed by atoms with Crippen molar-refractivity contribution in [2.45, 2.75) is 70.2 Å². The van der Waals surface area contributed by atoms with Gasteiger partial charge in [-0.05, 0) is 61.7 Å². The summed E-state index contributed by atoms with van der Waals surface area (Å²) in [7, 11) is 0. The second-order valence-corrected chi connectivity index (χ2v) is 9.58. The number of rotatable bonds is 1. The normalized spacial score (nSPS) is 50.9. The van der Waals surface area contributed by atoms with E-state index in [9.17, 15) is 10.2 Å².